The molecule has 0 unspecified atom stereocenters. The van der Waals surface area contributed by atoms with Gasteiger partial charge in [-0.05, 0) is 24.3 Å². The van der Waals surface area contributed by atoms with E-state index in [0.29, 0.717) is 11.4 Å². The van der Waals surface area contributed by atoms with Crippen LogP contribution in [0.25, 0.3) is 0 Å². The van der Waals surface area contributed by atoms with E-state index in [1.165, 1.54) is 56.3 Å². The molecule has 0 bridgehead atoms. The third-order valence-corrected chi connectivity index (χ3v) is 5.15. The molecule has 0 fully saturated rings. The average Bonchev–Trinajstić information content (AvgIpc) is 2.73. The van der Waals surface area contributed by atoms with Crippen molar-refractivity contribution in [2.45, 2.75) is 71.6 Å². The third-order valence-electron chi connectivity index (χ3n) is 3.41. The molecule has 1 aromatic heterocycles. The molecule has 0 aliphatic rings. The Morgan fingerprint density at radius 2 is 1.68 bits per heavy atom. The van der Waals surface area contributed by atoms with Gasteiger partial charge >= 0.3 is 0 Å². The van der Waals surface area contributed by atoms with Crippen molar-refractivity contribution in [3.05, 3.63) is 20.8 Å². The Kier molecular flexibility index (Phi) is 8.40. The lowest BCUT2D eigenvalue weighted by molar-refractivity contribution is 0.0983. The number of hydrogen-bond acceptors (Lipinski definition) is 2. The van der Waals surface area contributed by atoms with Gasteiger partial charge in [-0.25, -0.2) is 0 Å². The fourth-order valence-electron chi connectivity index (χ4n) is 2.15. The van der Waals surface area contributed by atoms with Crippen LogP contribution in [-0.2, 0) is 0 Å². The smallest absolute Gasteiger partial charge is 0.174 e. The third kappa shape index (κ3) is 6.09. The SMILES string of the molecule is CCCCCCCCCCC(=O)c1scc(C)c1Cl. The first-order chi connectivity index (χ1) is 9.16. The number of rotatable bonds is 10. The van der Waals surface area contributed by atoms with Gasteiger partial charge in [0.05, 0.1) is 9.90 Å². The summed E-state index contributed by atoms with van der Waals surface area (Å²) < 4.78 is 0. The zero-order valence-electron chi connectivity index (χ0n) is 12.1. The highest BCUT2D eigenvalue weighted by molar-refractivity contribution is 7.13. The summed E-state index contributed by atoms with van der Waals surface area (Å²) in [4.78, 5) is 12.7. The van der Waals surface area contributed by atoms with E-state index >= 15 is 0 Å². The minimum atomic E-state index is 0.217. The molecule has 0 aromatic carbocycles. The summed E-state index contributed by atoms with van der Waals surface area (Å²) >= 11 is 7.58. The van der Waals surface area contributed by atoms with Crippen LogP contribution >= 0.6 is 22.9 Å². The molecule has 0 N–H and O–H groups in total. The first-order valence-electron chi connectivity index (χ1n) is 7.43. The van der Waals surface area contributed by atoms with Crippen molar-refractivity contribution < 1.29 is 4.79 Å². The predicted octanol–water partition coefficient (Wildman–Crippen LogP) is 6.42. The van der Waals surface area contributed by atoms with Crippen molar-refractivity contribution >= 4 is 28.7 Å². The molecule has 108 valence electrons. The maximum absolute atomic E-state index is 12.0. The van der Waals surface area contributed by atoms with E-state index in [1.54, 1.807) is 0 Å². The first-order valence-corrected chi connectivity index (χ1v) is 8.69. The van der Waals surface area contributed by atoms with Gasteiger partial charge in [0.1, 0.15) is 0 Å². The second kappa shape index (κ2) is 9.55. The Bertz CT molecular complexity index is 384. The van der Waals surface area contributed by atoms with E-state index < -0.39 is 0 Å². The van der Waals surface area contributed by atoms with Crippen LogP contribution in [0.5, 0.6) is 0 Å². The molecule has 0 radical (unpaired) electrons. The van der Waals surface area contributed by atoms with Crippen LogP contribution in [0, 0.1) is 6.92 Å². The van der Waals surface area contributed by atoms with Crippen molar-refractivity contribution in [3.63, 3.8) is 0 Å². The molecule has 1 rings (SSSR count). The van der Waals surface area contributed by atoms with E-state index in [4.69, 9.17) is 11.6 Å². The standard InChI is InChI=1S/C16H25ClOS/c1-3-4-5-6-7-8-9-10-11-14(18)16-15(17)13(2)12-19-16/h12H,3-11H2,1-2H3. The summed E-state index contributed by atoms with van der Waals surface area (Å²) in [5.41, 5.74) is 1.02. The Hall–Kier alpha value is -0.340. The van der Waals surface area contributed by atoms with Gasteiger partial charge in [-0.2, -0.15) is 0 Å². The zero-order valence-corrected chi connectivity index (χ0v) is 13.7. The molecule has 1 heterocycles. The fraction of sp³-hybridized carbons (Fsp3) is 0.688. The van der Waals surface area contributed by atoms with Gasteiger partial charge in [0.15, 0.2) is 5.78 Å². The molecule has 0 atom stereocenters. The van der Waals surface area contributed by atoms with E-state index in [0.717, 1.165) is 16.9 Å². The molecule has 3 heteroatoms. The molecule has 1 aromatic rings. The van der Waals surface area contributed by atoms with Crippen LogP contribution in [0.2, 0.25) is 5.02 Å². The van der Waals surface area contributed by atoms with Crippen LogP contribution in [0.1, 0.15) is 79.9 Å². The number of hydrogen-bond donors (Lipinski definition) is 0. The first kappa shape index (κ1) is 16.7. The van der Waals surface area contributed by atoms with Crippen LogP contribution in [0.3, 0.4) is 0 Å². The van der Waals surface area contributed by atoms with Crippen LogP contribution in [-0.4, -0.2) is 5.78 Å². The van der Waals surface area contributed by atoms with Gasteiger partial charge in [0, 0.05) is 6.42 Å². The predicted molar refractivity (Wildman–Crippen MR) is 85.6 cm³/mol. The van der Waals surface area contributed by atoms with Crippen molar-refractivity contribution in [2.75, 3.05) is 0 Å². The van der Waals surface area contributed by atoms with Gasteiger partial charge < -0.3 is 0 Å². The lowest BCUT2D eigenvalue weighted by atomic mass is 10.1. The topological polar surface area (TPSA) is 17.1 Å². The highest BCUT2D eigenvalue weighted by Gasteiger charge is 2.13. The van der Waals surface area contributed by atoms with Gasteiger partial charge in [0.2, 0.25) is 0 Å². The van der Waals surface area contributed by atoms with Gasteiger partial charge in [-0.3, -0.25) is 4.79 Å². The molecule has 1 nitrogen and oxygen atoms in total. The number of aryl methyl sites for hydroxylation is 1. The summed E-state index contributed by atoms with van der Waals surface area (Å²) in [6, 6.07) is 0. The maximum Gasteiger partial charge on any atom is 0.174 e. The number of carbonyl (C=O) groups is 1. The molecule has 0 saturated heterocycles. The number of thiophene rings is 1. The van der Waals surface area contributed by atoms with Crippen molar-refractivity contribution in [2.24, 2.45) is 0 Å². The minimum Gasteiger partial charge on any atom is -0.293 e. The molecule has 0 spiro atoms. The van der Waals surface area contributed by atoms with E-state index in [2.05, 4.69) is 6.92 Å². The highest BCUT2D eigenvalue weighted by atomic mass is 35.5. The summed E-state index contributed by atoms with van der Waals surface area (Å²) in [6.45, 7) is 4.19. The minimum absolute atomic E-state index is 0.217. The second-order valence-corrected chi connectivity index (χ2v) is 6.47. The molecular weight excluding hydrogens is 276 g/mol. The molecular formula is C16H25ClOS. The van der Waals surface area contributed by atoms with Gasteiger partial charge in [-0.15, -0.1) is 11.3 Å². The quantitative estimate of drug-likeness (QED) is 0.360. The molecule has 19 heavy (non-hydrogen) atoms. The van der Waals surface area contributed by atoms with Crippen molar-refractivity contribution in [3.8, 4) is 0 Å². The second-order valence-electron chi connectivity index (χ2n) is 5.21. The lowest BCUT2D eigenvalue weighted by Crippen LogP contribution is -1.96. The van der Waals surface area contributed by atoms with Crippen molar-refractivity contribution in [1.82, 2.24) is 0 Å². The number of halogens is 1. The Morgan fingerprint density at radius 1 is 1.11 bits per heavy atom. The number of carbonyl (C=O) groups excluding carboxylic acids is 1. The lowest BCUT2D eigenvalue weighted by Gasteiger charge is -2.01. The summed E-state index contributed by atoms with van der Waals surface area (Å²) in [5.74, 6) is 0.217. The summed E-state index contributed by atoms with van der Waals surface area (Å²) in [7, 11) is 0. The van der Waals surface area contributed by atoms with Crippen LogP contribution in [0.4, 0.5) is 0 Å². The van der Waals surface area contributed by atoms with E-state index in [-0.39, 0.29) is 5.78 Å². The normalized spacial score (nSPS) is 10.9. The van der Waals surface area contributed by atoms with Crippen LogP contribution in [0.15, 0.2) is 5.38 Å². The highest BCUT2D eigenvalue weighted by Crippen LogP contribution is 2.28. The Labute approximate surface area is 126 Å². The average molecular weight is 301 g/mol. The molecule has 0 amide bonds. The van der Waals surface area contributed by atoms with E-state index in [9.17, 15) is 4.79 Å². The molecule has 0 saturated carbocycles. The maximum atomic E-state index is 12.0. The fourth-order valence-corrected chi connectivity index (χ4v) is 3.42. The number of ketones is 1. The largest absolute Gasteiger partial charge is 0.293 e. The van der Waals surface area contributed by atoms with E-state index in [1.807, 2.05) is 12.3 Å². The summed E-state index contributed by atoms with van der Waals surface area (Å²) in [5, 5.41) is 2.62. The molecule has 0 aliphatic carbocycles. The molecule has 0 aliphatic heterocycles. The Morgan fingerprint density at radius 3 is 2.21 bits per heavy atom. The van der Waals surface area contributed by atoms with Crippen molar-refractivity contribution in [1.29, 1.82) is 0 Å². The number of Topliss-reactive ketones (excluding diaryl/α,β-unsaturated/α-hetero) is 1. The van der Waals surface area contributed by atoms with Gasteiger partial charge in [-0.1, -0.05) is 63.5 Å². The summed E-state index contributed by atoms with van der Waals surface area (Å²) in [6.07, 6.45) is 10.7. The Balaban J connectivity index is 2.10. The zero-order chi connectivity index (χ0) is 14.1. The monoisotopic (exact) mass is 300 g/mol. The van der Waals surface area contributed by atoms with Gasteiger partial charge in [0.25, 0.3) is 0 Å². The number of unbranched alkanes of at least 4 members (excludes halogenated alkanes) is 7. The van der Waals surface area contributed by atoms with Crippen LogP contribution < -0.4 is 0 Å².